The van der Waals surface area contributed by atoms with Crippen LogP contribution in [0.15, 0.2) is 24.3 Å². The SMILES string of the molecule is NCCc1ccc(CC2CCCNC2)cc1. The van der Waals surface area contributed by atoms with Crippen LogP contribution in [0, 0.1) is 5.92 Å². The summed E-state index contributed by atoms with van der Waals surface area (Å²) in [5.41, 5.74) is 8.36. The lowest BCUT2D eigenvalue weighted by molar-refractivity contribution is 0.376. The molecular weight excluding hydrogens is 196 g/mol. The number of nitrogens with one attached hydrogen (secondary N) is 1. The summed E-state index contributed by atoms with van der Waals surface area (Å²) in [6.07, 6.45) is 4.91. The second-order valence-corrected chi connectivity index (χ2v) is 4.77. The minimum Gasteiger partial charge on any atom is -0.330 e. The Bertz CT molecular complexity index is 299. The molecule has 1 aromatic rings. The molecule has 0 amide bonds. The second kappa shape index (κ2) is 6.02. The maximum Gasteiger partial charge on any atom is -0.00173 e. The molecule has 1 aliphatic rings. The molecular formula is C14H22N2. The van der Waals surface area contributed by atoms with E-state index in [1.54, 1.807) is 0 Å². The smallest absolute Gasteiger partial charge is 0.00173 e. The predicted molar refractivity (Wildman–Crippen MR) is 68.5 cm³/mol. The molecule has 0 saturated carbocycles. The first-order valence-electron chi connectivity index (χ1n) is 6.37. The topological polar surface area (TPSA) is 38.0 Å². The van der Waals surface area contributed by atoms with Crippen LogP contribution >= 0.6 is 0 Å². The minimum atomic E-state index is 0.742. The highest BCUT2D eigenvalue weighted by atomic mass is 14.9. The van der Waals surface area contributed by atoms with Crippen molar-refractivity contribution in [3.63, 3.8) is 0 Å². The Morgan fingerprint density at radius 1 is 1.19 bits per heavy atom. The molecule has 2 heteroatoms. The molecule has 2 nitrogen and oxygen atoms in total. The average Bonchev–Trinajstić information content (AvgIpc) is 2.33. The number of rotatable bonds is 4. The third kappa shape index (κ3) is 3.32. The van der Waals surface area contributed by atoms with Crippen molar-refractivity contribution < 1.29 is 0 Å². The van der Waals surface area contributed by atoms with E-state index in [0.29, 0.717) is 0 Å². The molecule has 1 fully saturated rings. The molecule has 3 N–H and O–H groups in total. The van der Waals surface area contributed by atoms with Gasteiger partial charge >= 0.3 is 0 Å². The van der Waals surface area contributed by atoms with Crippen LogP contribution in [-0.2, 0) is 12.8 Å². The van der Waals surface area contributed by atoms with Gasteiger partial charge in [-0.1, -0.05) is 24.3 Å². The first-order valence-corrected chi connectivity index (χ1v) is 6.37. The van der Waals surface area contributed by atoms with Crippen LogP contribution in [0.5, 0.6) is 0 Å². The van der Waals surface area contributed by atoms with Crippen molar-refractivity contribution in [2.24, 2.45) is 11.7 Å². The van der Waals surface area contributed by atoms with E-state index in [2.05, 4.69) is 29.6 Å². The average molecular weight is 218 g/mol. The molecule has 0 aliphatic carbocycles. The lowest BCUT2D eigenvalue weighted by atomic mass is 9.92. The monoisotopic (exact) mass is 218 g/mol. The fourth-order valence-corrected chi connectivity index (χ4v) is 2.44. The highest BCUT2D eigenvalue weighted by Gasteiger charge is 2.12. The number of hydrogen-bond acceptors (Lipinski definition) is 2. The van der Waals surface area contributed by atoms with E-state index in [1.807, 2.05) is 0 Å². The quantitative estimate of drug-likeness (QED) is 0.807. The highest BCUT2D eigenvalue weighted by Crippen LogP contribution is 2.16. The summed E-state index contributed by atoms with van der Waals surface area (Å²) in [5.74, 6) is 0.828. The summed E-state index contributed by atoms with van der Waals surface area (Å²) in [4.78, 5) is 0. The van der Waals surface area contributed by atoms with Crippen LogP contribution < -0.4 is 11.1 Å². The Labute approximate surface area is 98.2 Å². The van der Waals surface area contributed by atoms with Gasteiger partial charge in [0.15, 0.2) is 0 Å². The number of nitrogens with two attached hydrogens (primary N) is 1. The van der Waals surface area contributed by atoms with E-state index in [4.69, 9.17) is 5.73 Å². The van der Waals surface area contributed by atoms with E-state index in [1.165, 1.54) is 43.5 Å². The number of piperidine rings is 1. The zero-order chi connectivity index (χ0) is 11.2. The van der Waals surface area contributed by atoms with Gasteiger partial charge in [-0.2, -0.15) is 0 Å². The molecule has 0 bridgehead atoms. The maximum absolute atomic E-state index is 5.54. The van der Waals surface area contributed by atoms with E-state index in [0.717, 1.165) is 18.9 Å². The van der Waals surface area contributed by atoms with E-state index in [-0.39, 0.29) is 0 Å². The molecule has 88 valence electrons. The van der Waals surface area contributed by atoms with Crippen LogP contribution in [0.4, 0.5) is 0 Å². The zero-order valence-electron chi connectivity index (χ0n) is 9.91. The van der Waals surface area contributed by atoms with Crippen molar-refractivity contribution in [3.05, 3.63) is 35.4 Å². The first-order chi connectivity index (χ1) is 7.88. The number of hydrogen-bond donors (Lipinski definition) is 2. The van der Waals surface area contributed by atoms with Gasteiger partial charge in [0.25, 0.3) is 0 Å². The molecule has 1 unspecified atom stereocenters. The van der Waals surface area contributed by atoms with Crippen molar-refractivity contribution >= 4 is 0 Å². The van der Waals surface area contributed by atoms with Crippen LogP contribution in [0.25, 0.3) is 0 Å². The third-order valence-electron chi connectivity index (χ3n) is 3.38. The number of benzene rings is 1. The van der Waals surface area contributed by atoms with Gasteiger partial charge in [-0.3, -0.25) is 0 Å². The fourth-order valence-electron chi connectivity index (χ4n) is 2.44. The van der Waals surface area contributed by atoms with Crippen molar-refractivity contribution in [1.29, 1.82) is 0 Å². The second-order valence-electron chi connectivity index (χ2n) is 4.77. The van der Waals surface area contributed by atoms with Gasteiger partial charge in [-0.15, -0.1) is 0 Å². The van der Waals surface area contributed by atoms with Crippen molar-refractivity contribution in [2.75, 3.05) is 19.6 Å². The maximum atomic E-state index is 5.54. The first kappa shape index (κ1) is 11.6. The standard InChI is InChI=1S/C14H22N2/c15-8-7-12-3-5-13(6-4-12)10-14-2-1-9-16-11-14/h3-6,14,16H,1-2,7-11,15H2. The Morgan fingerprint density at radius 3 is 2.56 bits per heavy atom. The normalized spacial score (nSPS) is 20.9. The summed E-state index contributed by atoms with van der Waals surface area (Å²) >= 11 is 0. The molecule has 1 heterocycles. The van der Waals surface area contributed by atoms with Crippen LogP contribution in [-0.4, -0.2) is 19.6 Å². The Morgan fingerprint density at radius 2 is 1.94 bits per heavy atom. The molecule has 0 radical (unpaired) electrons. The van der Waals surface area contributed by atoms with Crippen molar-refractivity contribution in [2.45, 2.75) is 25.7 Å². The molecule has 0 aromatic heterocycles. The minimum absolute atomic E-state index is 0.742. The molecule has 1 aliphatic heterocycles. The van der Waals surface area contributed by atoms with Gasteiger partial charge in [0.1, 0.15) is 0 Å². The van der Waals surface area contributed by atoms with Gasteiger partial charge in [-0.05, 0) is 62.4 Å². The van der Waals surface area contributed by atoms with Gasteiger partial charge in [0.2, 0.25) is 0 Å². The van der Waals surface area contributed by atoms with Crippen molar-refractivity contribution in [3.8, 4) is 0 Å². The van der Waals surface area contributed by atoms with Crippen LogP contribution in [0.1, 0.15) is 24.0 Å². The Balaban J connectivity index is 1.88. The Hall–Kier alpha value is -0.860. The molecule has 0 spiro atoms. The fraction of sp³-hybridized carbons (Fsp3) is 0.571. The third-order valence-corrected chi connectivity index (χ3v) is 3.38. The predicted octanol–water partition coefficient (Wildman–Crippen LogP) is 1.73. The Kier molecular flexibility index (Phi) is 4.37. The molecule has 1 atom stereocenters. The van der Waals surface area contributed by atoms with Crippen LogP contribution in [0.3, 0.4) is 0 Å². The van der Waals surface area contributed by atoms with Gasteiger partial charge in [-0.25, -0.2) is 0 Å². The molecule has 16 heavy (non-hydrogen) atoms. The summed E-state index contributed by atoms with van der Waals surface area (Å²) < 4.78 is 0. The van der Waals surface area contributed by atoms with Gasteiger partial charge < -0.3 is 11.1 Å². The lowest BCUT2D eigenvalue weighted by Gasteiger charge is -2.22. The summed E-state index contributed by atoms with van der Waals surface area (Å²) in [6.45, 7) is 3.13. The largest absolute Gasteiger partial charge is 0.330 e. The van der Waals surface area contributed by atoms with E-state index < -0.39 is 0 Å². The van der Waals surface area contributed by atoms with Gasteiger partial charge in [0.05, 0.1) is 0 Å². The molecule has 1 aromatic carbocycles. The zero-order valence-corrected chi connectivity index (χ0v) is 9.91. The molecule has 2 rings (SSSR count). The van der Waals surface area contributed by atoms with E-state index >= 15 is 0 Å². The molecule has 1 saturated heterocycles. The van der Waals surface area contributed by atoms with E-state index in [9.17, 15) is 0 Å². The summed E-state index contributed by atoms with van der Waals surface area (Å²) in [6, 6.07) is 8.97. The summed E-state index contributed by atoms with van der Waals surface area (Å²) in [7, 11) is 0. The van der Waals surface area contributed by atoms with Crippen LogP contribution in [0.2, 0.25) is 0 Å². The summed E-state index contributed by atoms with van der Waals surface area (Å²) in [5, 5.41) is 3.47. The highest BCUT2D eigenvalue weighted by molar-refractivity contribution is 5.23. The lowest BCUT2D eigenvalue weighted by Crippen LogP contribution is -2.30. The van der Waals surface area contributed by atoms with Crippen molar-refractivity contribution in [1.82, 2.24) is 5.32 Å². The van der Waals surface area contributed by atoms with Gasteiger partial charge in [0, 0.05) is 0 Å².